The number of anilines is 1. The van der Waals surface area contributed by atoms with Gasteiger partial charge in [0, 0.05) is 35.1 Å². The number of rotatable bonds is 2. The molecule has 1 aliphatic heterocycles. The number of benzene rings is 1. The van der Waals surface area contributed by atoms with E-state index in [9.17, 15) is 9.59 Å². The van der Waals surface area contributed by atoms with E-state index in [1.54, 1.807) is 24.4 Å². The van der Waals surface area contributed by atoms with Crippen LogP contribution in [0.15, 0.2) is 42.6 Å². The second-order valence-corrected chi connectivity index (χ2v) is 5.95. The highest BCUT2D eigenvalue weighted by Crippen LogP contribution is 2.32. The van der Waals surface area contributed by atoms with E-state index in [-0.39, 0.29) is 17.7 Å². The minimum absolute atomic E-state index is 0.0983. The zero-order valence-electron chi connectivity index (χ0n) is 13.1. The normalized spacial score (nSPS) is 16.5. The van der Waals surface area contributed by atoms with E-state index in [1.165, 1.54) is 0 Å². The number of hydrogen-bond acceptors (Lipinski definition) is 3. The summed E-state index contributed by atoms with van der Waals surface area (Å²) in [4.78, 5) is 31.7. The van der Waals surface area contributed by atoms with Gasteiger partial charge >= 0.3 is 0 Å². The van der Waals surface area contributed by atoms with E-state index in [0.29, 0.717) is 23.6 Å². The van der Waals surface area contributed by atoms with Crippen molar-refractivity contribution >= 4 is 28.5 Å². The third-order valence-corrected chi connectivity index (χ3v) is 4.30. The third kappa shape index (κ3) is 2.32. The largest absolute Gasteiger partial charge is 0.350 e. The summed E-state index contributed by atoms with van der Waals surface area (Å²) in [7, 11) is 0. The summed E-state index contributed by atoms with van der Waals surface area (Å²) < 4.78 is 0. The minimum atomic E-state index is -0.224. The highest BCUT2D eigenvalue weighted by Gasteiger charge is 2.27. The maximum Gasteiger partial charge on any atom is 0.268 e. The molecule has 3 aromatic rings. The van der Waals surface area contributed by atoms with Crippen LogP contribution < -0.4 is 10.6 Å². The lowest BCUT2D eigenvalue weighted by atomic mass is 9.93. The number of amides is 2. The molecule has 1 atom stereocenters. The van der Waals surface area contributed by atoms with Gasteiger partial charge in [-0.1, -0.05) is 13.0 Å². The summed E-state index contributed by atoms with van der Waals surface area (Å²) in [5.74, 6) is 0.379. The molecule has 0 saturated carbocycles. The standard InChI is InChI=1S/C18H16N4O2/c1-10-9-20-18(24)16-15(10)12-8-11(5-6-13(12)21-16)17(23)22-14-4-2-3-7-19-14/h2-8,10,21H,9H2,1H3,(H,20,24)(H,19,22,23). The van der Waals surface area contributed by atoms with Crippen molar-refractivity contribution in [2.75, 3.05) is 11.9 Å². The Morgan fingerprint density at radius 3 is 2.96 bits per heavy atom. The Bertz CT molecular complexity index is 946. The monoisotopic (exact) mass is 320 g/mol. The number of carbonyl (C=O) groups excluding carboxylic acids is 2. The van der Waals surface area contributed by atoms with Crippen molar-refractivity contribution < 1.29 is 9.59 Å². The molecule has 0 bridgehead atoms. The zero-order chi connectivity index (χ0) is 16.7. The van der Waals surface area contributed by atoms with Crippen LogP contribution in [0.3, 0.4) is 0 Å². The summed E-state index contributed by atoms with van der Waals surface area (Å²) in [5.41, 5.74) is 2.96. The molecule has 1 aliphatic rings. The predicted molar refractivity (Wildman–Crippen MR) is 91.2 cm³/mol. The lowest BCUT2D eigenvalue weighted by molar-refractivity contribution is 0.0936. The molecule has 2 amide bonds. The van der Waals surface area contributed by atoms with Crippen molar-refractivity contribution in [1.29, 1.82) is 0 Å². The fourth-order valence-electron chi connectivity index (χ4n) is 3.11. The Kier molecular flexibility index (Phi) is 3.30. The highest BCUT2D eigenvalue weighted by atomic mass is 16.2. The first kappa shape index (κ1) is 14.4. The summed E-state index contributed by atoms with van der Waals surface area (Å²) in [5, 5.41) is 6.55. The van der Waals surface area contributed by atoms with Gasteiger partial charge in [0.25, 0.3) is 11.8 Å². The quantitative estimate of drug-likeness (QED) is 0.678. The molecule has 0 saturated heterocycles. The second-order valence-electron chi connectivity index (χ2n) is 5.95. The van der Waals surface area contributed by atoms with Gasteiger partial charge in [-0.25, -0.2) is 4.98 Å². The van der Waals surface area contributed by atoms with Gasteiger partial charge in [-0.15, -0.1) is 0 Å². The number of carbonyl (C=O) groups is 2. The smallest absolute Gasteiger partial charge is 0.268 e. The Morgan fingerprint density at radius 1 is 1.29 bits per heavy atom. The number of nitrogens with one attached hydrogen (secondary N) is 3. The molecule has 6 heteroatoms. The van der Waals surface area contributed by atoms with E-state index in [2.05, 4.69) is 27.5 Å². The Hall–Kier alpha value is -3.15. The number of pyridine rings is 1. The number of hydrogen-bond donors (Lipinski definition) is 3. The van der Waals surface area contributed by atoms with Gasteiger partial charge in [-0.3, -0.25) is 9.59 Å². The maximum absolute atomic E-state index is 12.5. The van der Waals surface area contributed by atoms with Crippen LogP contribution in [0, 0.1) is 0 Å². The second kappa shape index (κ2) is 5.49. The van der Waals surface area contributed by atoms with E-state index in [1.807, 2.05) is 18.2 Å². The van der Waals surface area contributed by atoms with Crippen molar-refractivity contribution in [3.8, 4) is 0 Å². The molecule has 6 nitrogen and oxygen atoms in total. The number of aromatic amines is 1. The molecule has 24 heavy (non-hydrogen) atoms. The molecule has 1 aromatic carbocycles. The zero-order valence-corrected chi connectivity index (χ0v) is 13.1. The van der Waals surface area contributed by atoms with E-state index < -0.39 is 0 Å². The third-order valence-electron chi connectivity index (χ3n) is 4.30. The average molecular weight is 320 g/mol. The molecule has 3 heterocycles. The van der Waals surface area contributed by atoms with Crippen LogP contribution in [0.25, 0.3) is 10.9 Å². The van der Waals surface area contributed by atoms with Gasteiger partial charge in [-0.05, 0) is 35.9 Å². The first-order valence-corrected chi connectivity index (χ1v) is 7.79. The Balaban J connectivity index is 1.74. The minimum Gasteiger partial charge on any atom is -0.350 e. The summed E-state index contributed by atoms with van der Waals surface area (Å²) in [6.07, 6.45) is 1.63. The van der Waals surface area contributed by atoms with Crippen LogP contribution in [-0.2, 0) is 0 Å². The van der Waals surface area contributed by atoms with Crippen LogP contribution in [-0.4, -0.2) is 28.3 Å². The molecule has 2 aromatic heterocycles. The van der Waals surface area contributed by atoms with Crippen LogP contribution in [0.2, 0.25) is 0 Å². The summed E-state index contributed by atoms with van der Waals surface area (Å²) in [6.45, 7) is 2.66. The molecule has 1 unspecified atom stereocenters. The van der Waals surface area contributed by atoms with Crippen molar-refractivity contribution in [1.82, 2.24) is 15.3 Å². The van der Waals surface area contributed by atoms with Crippen LogP contribution in [0.5, 0.6) is 0 Å². The van der Waals surface area contributed by atoms with Gasteiger partial charge in [-0.2, -0.15) is 0 Å². The van der Waals surface area contributed by atoms with Crippen molar-refractivity contribution in [3.05, 3.63) is 59.4 Å². The number of H-pyrrole nitrogens is 1. The topological polar surface area (TPSA) is 86.9 Å². The van der Waals surface area contributed by atoms with E-state index in [4.69, 9.17) is 0 Å². The van der Waals surface area contributed by atoms with Crippen molar-refractivity contribution in [3.63, 3.8) is 0 Å². The lowest BCUT2D eigenvalue weighted by Crippen LogP contribution is -2.33. The van der Waals surface area contributed by atoms with Crippen LogP contribution in [0.1, 0.15) is 39.3 Å². The first-order valence-electron chi connectivity index (χ1n) is 7.79. The van der Waals surface area contributed by atoms with Gasteiger partial charge in [0.2, 0.25) is 0 Å². The molecule has 120 valence electrons. The fraction of sp³-hybridized carbons (Fsp3) is 0.167. The number of nitrogens with zero attached hydrogens (tertiary/aromatic N) is 1. The molecular formula is C18H16N4O2. The molecule has 0 spiro atoms. The van der Waals surface area contributed by atoms with Gasteiger partial charge < -0.3 is 15.6 Å². The van der Waals surface area contributed by atoms with Crippen molar-refractivity contribution in [2.24, 2.45) is 0 Å². The fourth-order valence-corrected chi connectivity index (χ4v) is 3.11. The van der Waals surface area contributed by atoms with Gasteiger partial charge in [0.15, 0.2) is 0 Å². The molecule has 0 aliphatic carbocycles. The predicted octanol–water partition coefficient (Wildman–Crippen LogP) is 2.66. The Morgan fingerprint density at radius 2 is 2.17 bits per heavy atom. The van der Waals surface area contributed by atoms with E-state index >= 15 is 0 Å². The maximum atomic E-state index is 12.5. The SMILES string of the molecule is CC1CNC(=O)c2[nH]c3ccc(C(=O)Nc4ccccn4)cc3c21. The molecule has 3 N–H and O–H groups in total. The molecular weight excluding hydrogens is 304 g/mol. The Labute approximate surface area is 138 Å². The summed E-state index contributed by atoms with van der Waals surface area (Å²) in [6, 6.07) is 10.8. The molecule has 0 radical (unpaired) electrons. The number of aromatic nitrogens is 2. The first-order chi connectivity index (χ1) is 11.6. The molecule has 4 rings (SSSR count). The van der Waals surface area contributed by atoms with Crippen LogP contribution in [0.4, 0.5) is 5.82 Å². The lowest BCUT2D eigenvalue weighted by Gasteiger charge is -2.19. The molecule has 0 fully saturated rings. The summed E-state index contributed by atoms with van der Waals surface area (Å²) >= 11 is 0. The highest BCUT2D eigenvalue weighted by molar-refractivity contribution is 6.08. The van der Waals surface area contributed by atoms with Gasteiger partial charge in [0.05, 0.1) is 0 Å². The van der Waals surface area contributed by atoms with E-state index in [0.717, 1.165) is 16.5 Å². The van der Waals surface area contributed by atoms with Crippen LogP contribution >= 0.6 is 0 Å². The van der Waals surface area contributed by atoms with Gasteiger partial charge in [0.1, 0.15) is 11.5 Å². The average Bonchev–Trinajstić information content (AvgIpc) is 2.99. The van der Waals surface area contributed by atoms with Crippen molar-refractivity contribution in [2.45, 2.75) is 12.8 Å². The number of fused-ring (bicyclic) bond motifs is 3.